The third-order valence-corrected chi connectivity index (χ3v) is 2.73. The minimum absolute atomic E-state index is 0.0269. The SMILES string of the molecule is COc1ccc([C@@H](N)C2CC2)c(O)c1. The molecule has 0 aliphatic heterocycles. The summed E-state index contributed by atoms with van der Waals surface area (Å²) >= 11 is 0. The molecule has 1 fully saturated rings. The summed E-state index contributed by atoms with van der Waals surface area (Å²) in [7, 11) is 1.58. The van der Waals surface area contributed by atoms with Crippen molar-refractivity contribution in [1.29, 1.82) is 0 Å². The molecular formula is C11H15NO2. The van der Waals surface area contributed by atoms with Crippen LogP contribution in [-0.2, 0) is 0 Å². The summed E-state index contributed by atoms with van der Waals surface area (Å²) < 4.78 is 5.01. The largest absolute Gasteiger partial charge is 0.507 e. The van der Waals surface area contributed by atoms with Crippen LogP contribution in [0.2, 0.25) is 0 Å². The number of ether oxygens (including phenoxy) is 1. The lowest BCUT2D eigenvalue weighted by atomic mass is 10.0. The number of phenols is 1. The lowest BCUT2D eigenvalue weighted by molar-refractivity contribution is 0.404. The number of hydrogen-bond acceptors (Lipinski definition) is 3. The fraction of sp³-hybridized carbons (Fsp3) is 0.455. The summed E-state index contributed by atoms with van der Waals surface area (Å²) in [4.78, 5) is 0. The van der Waals surface area contributed by atoms with E-state index in [1.165, 1.54) is 12.8 Å². The first-order valence-corrected chi connectivity index (χ1v) is 4.85. The Hall–Kier alpha value is -1.22. The topological polar surface area (TPSA) is 55.5 Å². The van der Waals surface area contributed by atoms with E-state index >= 15 is 0 Å². The van der Waals surface area contributed by atoms with Gasteiger partial charge in [0.2, 0.25) is 0 Å². The summed E-state index contributed by atoms with van der Waals surface area (Å²) in [5, 5.41) is 9.71. The van der Waals surface area contributed by atoms with Crippen molar-refractivity contribution in [3.05, 3.63) is 23.8 Å². The molecule has 1 saturated carbocycles. The second-order valence-electron chi connectivity index (χ2n) is 3.79. The molecule has 1 aliphatic carbocycles. The van der Waals surface area contributed by atoms with Crippen LogP contribution in [0.1, 0.15) is 24.4 Å². The molecule has 0 aromatic heterocycles. The zero-order chi connectivity index (χ0) is 10.1. The molecule has 0 spiro atoms. The quantitative estimate of drug-likeness (QED) is 0.769. The van der Waals surface area contributed by atoms with Crippen LogP contribution in [0.15, 0.2) is 18.2 Å². The molecule has 0 amide bonds. The van der Waals surface area contributed by atoms with Crippen LogP contribution in [0.5, 0.6) is 11.5 Å². The smallest absolute Gasteiger partial charge is 0.124 e. The number of aromatic hydroxyl groups is 1. The van der Waals surface area contributed by atoms with Gasteiger partial charge in [-0.1, -0.05) is 6.07 Å². The maximum Gasteiger partial charge on any atom is 0.124 e. The zero-order valence-electron chi connectivity index (χ0n) is 8.23. The number of nitrogens with two attached hydrogens (primary N) is 1. The minimum Gasteiger partial charge on any atom is -0.507 e. The van der Waals surface area contributed by atoms with Gasteiger partial charge in [0, 0.05) is 17.7 Å². The number of methoxy groups -OCH3 is 1. The van der Waals surface area contributed by atoms with E-state index in [1.807, 2.05) is 12.1 Å². The van der Waals surface area contributed by atoms with Crippen molar-refractivity contribution in [3.8, 4) is 11.5 Å². The van der Waals surface area contributed by atoms with E-state index in [2.05, 4.69) is 0 Å². The highest BCUT2D eigenvalue weighted by Crippen LogP contribution is 2.42. The zero-order valence-corrected chi connectivity index (χ0v) is 8.23. The predicted octanol–water partition coefficient (Wildman–Crippen LogP) is 1.81. The molecular weight excluding hydrogens is 178 g/mol. The van der Waals surface area contributed by atoms with Crippen molar-refractivity contribution in [2.24, 2.45) is 11.7 Å². The van der Waals surface area contributed by atoms with Gasteiger partial charge in [-0.05, 0) is 24.8 Å². The Labute approximate surface area is 83.5 Å². The van der Waals surface area contributed by atoms with Crippen LogP contribution in [0, 0.1) is 5.92 Å². The van der Waals surface area contributed by atoms with Crippen LogP contribution in [-0.4, -0.2) is 12.2 Å². The second-order valence-corrected chi connectivity index (χ2v) is 3.79. The first kappa shape index (κ1) is 9.34. The van der Waals surface area contributed by atoms with Gasteiger partial charge >= 0.3 is 0 Å². The van der Waals surface area contributed by atoms with Gasteiger partial charge in [0.05, 0.1) is 7.11 Å². The highest BCUT2D eigenvalue weighted by atomic mass is 16.5. The number of hydrogen-bond donors (Lipinski definition) is 2. The average Bonchev–Trinajstić information content (AvgIpc) is 3.00. The average molecular weight is 193 g/mol. The molecule has 0 bridgehead atoms. The van der Waals surface area contributed by atoms with Gasteiger partial charge in [-0.25, -0.2) is 0 Å². The Morgan fingerprint density at radius 3 is 2.71 bits per heavy atom. The van der Waals surface area contributed by atoms with E-state index in [-0.39, 0.29) is 11.8 Å². The van der Waals surface area contributed by atoms with Crippen LogP contribution < -0.4 is 10.5 Å². The highest BCUT2D eigenvalue weighted by Gasteiger charge is 2.30. The number of phenolic OH excluding ortho intramolecular Hbond substituents is 1. The third kappa shape index (κ3) is 1.68. The molecule has 3 heteroatoms. The molecule has 1 atom stereocenters. The molecule has 0 saturated heterocycles. The van der Waals surface area contributed by atoms with Crippen molar-refractivity contribution in [2.75, 3.05) is 7.11 Å². The summed E-state index contributed by atoms with van der Waals surface area (Å²) in [5.74, 6) is 1.45. The molecule has 0 unspecified atom stereocenters. The molecule has 1 aliphatic rings. The highest BCUT2D eigenvalue weighted by molar-refractivity contribution is 5.41. The van der Waals surface area contributed by atoms with Gasteiger partial charge in [0.1, 0.15) is 11.5 Å². The van der Waals surface area contributed by atoms with Crippen molar-refractivity contribution >= 4 is 0 Å². The van der Waals surface area contributed by atoms with E-state index in [0.717, 1.165) is 5.56 Å². The Kier molecular flexibility index (Phi) is 2.33. The first-order valence-electron chi connectivity index (χ1n) is 4.85. The Morgan fingerprint density at radius 2 is 2.21 bits per heavy atom. The monoisotopic (exact) mass is 193 g/mol. The molecule has 2 rings (SSSR count). The summed E-state index contributed by atoms with van der Waals surface area (Å²) in [6.45, 7) is 0. The normalized spacial score (nSPS) is 17.9. The van der Waals surface area contributed by atoms with Gasteiger partial charge in [-0.2, -0.15) is 0 Å². The standard InChI is InChI=1S/C11H15NO2/c1-14-8-4-5-9(10(13)6-8)11(12)7-2-3-7/h4-7,11,13H,2-3,12H2,1H3/t11-/m0/s1. The van der Waals surface area contributed by atoms with Crippen LogP contribution in [0.4, 0.5) is 0 Å². The molecule has 1 aromatic rings. The van der Waals surface area contributed by atoms with Crippen LogP contribution >= 0.6 is 0 Å². The van der Waals surface area contributed by atoms with E-state index < -0.39 is 0 Å². The van der Waals surface area contributed by atoms with Crippen molar-refractivity contribution in [3.63, 3.8) is 0 Å². The Morgan fingerprint density at radius 1 is 1.50 bits per heavy atom. The molecule has 14 heavy (non-hydrogen) atoms. The molecule has 3 N–H and O–H groups in total. The first-order chi connectivity index (χ1) is 6.72. The van der Waals surface area contributed by atoms with Crippen molar-refractivity contribution in [2.45, 2.75) is 18.9 Å². The predicted molar refractivity (Wildman–Crippen MR) is 54.3 cm³/mol. The number of rotatable bonds is 3. The summed E-state index contributed by atoms with van der Waals surface area (Å²) in [6, 6.07) is 5.26. The maximum absolute atomic E-state index is 9.71. The van der Waals surface area contributed by atoms with Gasteiger partial charge in [-0.3, -0.25) is 0 Å². The molecule has 0 radical (unpaired) electrons. The maximum atomic E-state index is 9.71. The van der Waals surface area contributed by atoms with Gasteiger partial charge in [-0.15, -0.1) is 0 Å². The van der Waals surface area contributed by atoms with Crippen LogP contribution in [0.3, 0.4) is 0 Å². The van der Waals surface area contributed by atoms with Gasteiger partial charge < -0.3 is 15.6 Å². The molecule has 76 valence electrons. The van der Waals surface area contributed by atoms with Crippen LogP contribution in [0.25, 0.3) is 0 Å². The Bertz CT molecular complexity index is 334. The van der Waals surface area contributed by atoms with Crippen molar-refractivity contribution in [1.82, 2.24) is 0 Å². The lowest BCUT2D eigenvalue weighted by Gasteiger charge is -2.13. The van der Waals surface area contributed by atoms with E-state index in [9.17, 15) is 5.11 Å². The molecule has 0 heterocycles. The van der Waals surface area contributed by atoms with E-state index in [0.29, 0.717) is 11.7 Å². The lowest BCUT2D eigenvalue weighted by Crippen LogP contribution is -2.12. The minimum atomic E-state index is -0.0269. The van der Waals surface area contributed by atoms with E-state index in [1.54, 1.807) is 13.2 Å². The Balaban J connectivity index is 2.24. The third-order valence-electron chi connectivity index (χ3n) is 2.73. The van der Waals surface area contributed by atoms with Gasteiger partial charge in [0.15, 0.2) is 0 Å². The summed E-state index contributed by atoms with van der Waals surface area (Å²) in [6.07, 6.45) is 2.35. The molecule has 3 nitrogen and oxygen atoms in total. The van der Waals surface area contributed by atoms with Crippen molar-refractivity contribution < 1.29 is 9.84 Å². The van der Waals surface area contributed by atoms with Gasteiger partial charge in [0.25, 0.3) is 0 Å². The second kappa shape index (κ2) is 3.50. The molecule has 1 aromatic carbocycles. The number of benzene rings is 1. The van der Waals surface area contributed by atoms with E-state index in [4.69, 9.17) is 10.5 Å². The summed E-state index contributed by atoms with van der Waals surface area (Å²) in [5.41, 5.74) is 6.82. The fourth-order valence-electron chi connectivity index (χ4n) is 1.64. The fourth-order valence-corrected chi connectivity index (χ4v) is 1.64.